The Morgan fingerprint density at radius 3 is 2.65 bits per heavy atom. The lowest BCUT2D eigenvalue weighted by molar-refractivity contribution is -0.135. The fourth-order valence-corrected chi connectivity index (χ4v) is 1.10. The Labute approximate surface area is 103 Å². The van der Waals surface area contributed by atoms with Crippen LogP contribution in [0.2, 0.25) is 5.02 Å². The van der Waals surface area contributed by atoms with Gasteiger partial charge in [0.05, 0.1) is 12.3 Å². The summed E-state index contributed by atoms with van der Waals surface area (Å²) in [5, 5.41) is 4.23. The summed E-state index contributed by atoms with van der Waals surface area (Å²) in [4.78, 5) is 21.8. The molecule has 1 aromatic rings. The minimum absolute atomic E-state index is 0.187. The smallest absolute Gasteiger partial charge is 0.362 e. The first kappa shape index (κ1) is 13.2. The Morgan fingerprint density at radius 2 is 2.12 bits per heavy atom. The lowest BCUT2D eigenvalue weighted by Crippen LogP contribution is -2.20. The normalized spacial score (nSPS) is 10.8. The molecule has 0 amide bonds. The fourth-order valence-electron chi connectivity index (χ4n) is 0.974. The minimum Gasteiger partial charge on any atom is -0.461 e. The lowest BCUT2D eigenvalue weighted by Gasteiger charge is -2.02. The molecule has 90 valence electrons. The number of hydrogen-bond donors (Lipinski definition) is 1. The molecule has 0 atom stereocenters. The third kappa shape index (κ3) is 4.24. The Morgan fingerprint density at radius 1 is 1.47 bits per heavy atom. The third-order valence-corrected chi connectivity index (χ3v) is 2.00. The van der Waals surface area contributed by atoms with E-state index in [9.17, 15) is 9.59 Å². The number of nitrogens with zero attached hydrogens (tertiary/aromatic N) is 1. The number of esters is 1. The van der Waals surface area contributed by atoms with Crippen LogP contribution in [0, 0.1) is 0 Å². The summed E-state index contributed by atoms with van der Waals surface area (Å²) < 4.78 is 4.64. The molecule has 0 saturated heterocycles. The SMILES string of the molecule is CCOC(=O)/C(C=O)=N/Nc1ccc(Cl)cc1. The molecule has 0 aliphatic rings. The van der Waals surface area contributed by atoms with Gasteiger partial charge in [-0.15, -0.1) is 0 Å². The van der Waals surface area contributed by atoms with Gasteiger partial charge < -0.3 is 4.74 Å². The second kappa shape index (κ2) is 6.65. The summed E-state index contributed by atoms with van der Waals surface area (Å²) in [6.07, 6.45) is 0.334. The summed E-state index contributed by atoms with van der Waals surface area (Å²) in [6.45, 7) is 1.83. The standard InChI is InChI=1S/C11H11ClN2O3/c1-2-17-11(16)10(7-15)14-13-9-5-3-8(12)4-6-9/h3-7,13H,2H2,1H3/b14-10+. The van der Waals surface area contributed by atoms with E-state index in [1.54, 1.807) is 31.2 Å². The van der Waals surface area contributed by atoms with Crippen molar-refractivity contribution in [1.29, 1.82) is 0 Å². The largest absolute Gasteiger partial charge is 0.461 e. The molecule has 0 heterocycles. The molecule has 0 fully saturated rings. The highest BCUT2D eigenvalue weighted by atomic mass is 35.5. The number of carbonyl (C=O) groups is 2. The maximum Gasteiger partial charge on any atom is 0.362 e. The number of carbonyl (C=O) groups excluding carboxylic acids is 2. The monoisotopic (exact) mass is 254 g/mol. The Balaban J connectivity index is 2.70. The van der Waals surface area contributed by atoms with Gasteiger partial charge in [0, 0.05) is 5.02 Å². The van der Waals surface area contributed by atoms with Crippen LogP contribution in [-0.4, -0.2) is 24.6 Å². The van der Waals surface area contributed by atoms with Gasteiger partial charge in [0.15, 0.2) is 6.29 Å². The molecule has 0 saturated carbocycles. The Bertz CT molecular complexity index is 429. The molecule has 17 heavy (non-hydrogen) atoms. The number of benzene rings is 1. The lowest BCUT2D eigenvalue weighted by atomic mass is 10.3. The van der Waals surface area contributed by atoms with Crippen LogP contribution in [0.4, 0.5) is 5.69 Å². The minimum atomic E-state index is -0.760. The first-order chi connectivity index (χ1) is 8.17. The van der Waals surface area contributed by atoms with E-state index in [1.165, 1.54) is 0 Å². The van der Waals surface area contributed by atoms with E-state index in [0.717, 1.165) is 0 Å². The highest BCUT2D eigenvalue weighted by Gasteiger charge is 2.11. The molecular weight excluding hydrogens is 244 g/mol. The molecule has 0 aromatic heterocycles. The van der Waals surface area contributed by atoms with Gasteiger partial charge in [-0.05, 0) is 31.2 Å². The average Bonchev–Trinajstić information content (AvgIpc) is 2.32. The molecule has 0 unspecified atom stereocenters. The molecule has 1 N–H and O–H groups in total. The van der Waals surface area contributed by atoms with Crippen molar-refractivity contribution in [2.45, 2.75) is 6.92 Å². The van der Waals surface area contributed by atoms with E-state index < -0.39 is 5.97 Å². The van der Waals surface area contributed by atoms with E-state index in [0.29, 0.717) is 17.0 Å². The molecule has 0 aliphatic heterocycles. The summed E-state index contributed by atoms with van der Waals surface area (Å²) in [5.41, 5.74) is 2.85. The van der Waals surface area contributed by atoms with Gasteiger partial charge >= 0.3 is 5.97 Å². The second-order valence-electron chi connectivity index (χ2n) is 2.95. The van der Waals surface area contributed by atoms with Crippen molar-refractivity contribution in [2.75, 3.05) is 12.0 Å². The van der Waals surface area contributed by atoms with Gasteiger partial charge in [0.2, 0.25) is 5.71 Å². The summed E-state index contributed by atoms with van der Waals surface area (Å²) in [6, 6.07) is 6.65. The zero-order valence-electron chi connectivity index (χ0n) is 9.14. The highest BCUT2D eigenvalue weighted by Crippen LogP contribution is 2.13. The van der Waals surface area contributed by atoms with E-state index >= 15 is 0 Å². The van der Waals surface area contributed by atoms with Crippen LogP contribution < -0.4 is 5.43 Å². The van der Waals surface area contributed by atoms with E-state index in [4.69, 9.17) is 11.6 Å². The van der Waals surface area contributed by atoms with Gasteiger partial charge in [-0.1, -0.05) is 11.6 Å². The topological polar surface area (TPSA) is 67.8 Å². The summed E-state index contributed by atoms with van der Waals surface area (Å²) >= 11 is 5.70. The number of halogens is 1. The van der Waals surface area contributed by atoms with Crippen molar-refractivity contribution < 1.29 is 14.3 Å². The van der Waals surface area contributed by atoms with Crippen LogP contribution in [-0.2, 0) is 14.3 Å². The van der Waals surface area contributed by atoms with Crippen molar-refractivity contribution in [3.8, 4) is 0 Å². The molecule has 0 aliphatic carbocycles. The van der Waals surface area contributed by atoms with Gasteiger partial charge in [-0.3, -0.25) is 10.2 Å². The number of anilines is 1. The van der Waals surface area contributed by atoms with Gasteiger partial charge in [0.25, 0.3) is 0 Å². The predicted octanol–water partition coefficient (Wildman–Crippen LogP) is 1.87. The molecular formula is C11H11ClN2O3. The first-order valence-corrected chi connectivity index (χ1v) is 5.26. The molecule has 0 spiro atoms. The summed E-state index contributed by atoms with van der Waals surface area (Å²) in [5.74, 6) is -0.760. The Kier molecular flexibility index (Phi) is 5.16. The van der Waals surface area contributed by atoms with Crippen LogP contribution in [0.3, 0.4) is 0 Å². The van der Waals surface area contributed by atoms with Crippen molar-refractivity contribution >= 4 is 35.3 Å². The molecule has 5 nitrogen and oxygen atoms in total. The average molecular weight is 255 g/mol. The third-order valence-electron chi connectivity index (χ3n) is 1.75. The van der Waals surface area contributed by atoms with Crippen molar-refractivity contribution in [3.63, 3.8) is 0 Å². The highest BCUT2D eigenvalue weighted by molar-refractivity contribution is 6.58. The van der Waals surface area contributed by atoms with Crippen LogP contribution in [0.15, 0.2) is 29.4 Å². The first-order valence-electron chi connectivity index (χ1n) is 4.89. The van der Waals surface area contributed by atoms with Crippen molar-refractivity contribution in [1.82, 2.24) is 0 Å². The van der Waals surface area contributed by atoms with Gasteiger partial charge in [0.1, 0.15) is 0 Å². The number of hydrazone groups is 1. The fraction of sp³-hybridized carbons (Fsp3) is 0.182. The molecule has 6 heteroatoms. The number of rotatable bonds is 5. The number of nitrogens with one attached hydrogen (secondary N) is 1. The molecule has 0 radical (unpaired) electrons. The van der Waals surface area contributed by atoms with E-state index in [1.807, 2.05) is 0 Å². The molecule has 0 bridgehead atoms. The van der Waals surface area contributed by atoms with Crippen molar-refractivity contribution in [2.24, 2.45) is 5.10 Å². The van der Waals surface area contributed by atoms with E-state index in [-0.39, 0.29) is 12.3 Å². The van der Waals surface area contributed by atoms with Crippen LogP contribution in [0.25, 0.3) is 0 Å². The van der Waals surface area contributed by atoms with Gasteiger partial charge in [-0.2, -0.15) is 5.10 Å². The van der Waals surface area contributed by atoms with Crippen LogP contribution >= 0.6 is 11.6 Å². The number of aldehydes is 1. The quantitative estimate of drug-likeness (QED) is 0.286. The maximum absolute atomic E-state index is 11.2. The zero-order valence-corrected chi connectivity index (χ0v) is 9.90. The van der Waals surface area contributed by atoms with Crippen LogP contribution in [0.5, 0.6) is 0 Å². The van der Waals surface area contributed by atoms with E-state index in [2.05, 4.69) is 15.3 Å². The Hall–Kier alpha value is -1.88. The number of ether oxygens (including phenoxy) is 1. The maximum atomic E-state index is 11.2. The second-order valence-corrected chi connectivity index (χ2v) is 3.39. The number of hydrogen-bond acceptors (Lipinski definition) is 5. The van der Waals surface area contributed by atoms with Crippen LogP contribution in [0.1, 0.15) is 6.92 Å². The molecule has 1 aromatic carbocycles. The predicted molar refractivity (Wildman–Crippen MR) is 65.2 cm³/mol. The molecule has 1 rings (SSSR count). The summed E-state index contributed by atoms with van der Waals surface area (Å²) in [7, 11) is 0. The van der Waals surface area contributed by atoms with Crippen molar-refractivity contribution in [3.05, 3.63) is 29.3 Å². The van der Waals surface area contributed by atoms with Gasteiger partial charge in [-0.25, -0.2) is 4.79 Å². The zero-order chi connectivity index (χ0) is 12.7.